The summed E-state index contributed by atoms with van der Waals surface area (Å²) in [7, 11) is 0. The molecule has 2 aromatic rings. The Balaban J connectivity index is 1.40. The van der Waals surface area contributed by atoms with E-state index in [0.29, 0.717) is 5.54 Å². The second kappa shape index (κ2) is 7.21. The lowest BCUT2D eigenvalue weighted by Gasteiger charge is -2.48. The second-order valence-electron chi connectivity index (χ2n) is 7.28. The summed E-state index contributed by atoms with van der Waals surface area (Å²) >= 11 is 0. The third-order valence-electron chi connectivity index (χ3n) is 5.76. The average Bonchev–Trinajstić information content (AvgIpc) is 3.11. The smallest absolute Gasteiger partial charge is 0.0653 e. The molecule has 1 aromatic heterocycles. The highest BCUT2D eigenvalue weighted by Crippen LogP contribution is 2.34. The summed E-state index contributed by atoms with van der Waals surface area (Å²) in [6.07, 6.45) is 8.63. The number of nitrogens with zero attached hydrogens (tertiary/aromatic N) is 2. The zero-order valence-electron chi connectivity index (χ0n) is 14.4. The molecule has 2 N–H and O–H groups in total. The molecule has 0 bridgehead atoms. The number of H-pyrrole nitrogens is 1. The van der Waals surface area contributed by atoms with Gasteiger partial charge in [-0.2, -0.15) is 5.10 Å². The quantitative estimate of drug-likeness (QED) is 0.886. The standard InChI is InChI=1S/C19H28N4O/c1-2-6-19(7-3-1,23-8-10-24-11-9-23)15-20-13-16-4-5-17-14-21-22-18(17)12-16/h4-5,12,14,20H,1-3,6-11,13,15H2,(H,21,22). The lowest BCUT2D eigenvalue weighted by atomic mass is 9.79. The van der Waals surface area contributed by atoms with Gasteiger partial charge < -0.3 is 10.1 Å². The van der Waals surface area contributed by atoms with Gasteiger partial charge in [0.05, 0.1) is 24.9 Å². The van der Waals surface area contributed by atoms with Crippen LogP contribution in [-0.4, -0.2) is 53.5 Å². The Hall–Kier alpha value is -1.43. The predicted molar refractivity (Wildman–Crippen MR) is 96.0 cm³/mol. The van der Waals surface area contributed by atoms with Crippen molar-refractivity contribution in [2.24, 2.45) is 0 Å². The van der Waals surface area contributed by atoms with Crippen LogP contribution in [0.15, 0.2) is 24.4 Å². The molecule has 2 heterocycles. The maximum absolute atomic E-state index is 5.57. The molecule has 2 aliphatic rings. The minimum absolute atomic E-state index is 0.333. The van der Waals surface area contributed by atoms with Crippen LogP contribution in [0.5, 0.6) is 0 Å². The van der Waals surface area contributed by atoms with Crippen LogP contribution in [0.2, 0.25) is 0 Å². The summed E-state index contributed by atoms with van der Waals surface area (Å²) in [5, 5.41) is 12.1. The second-order valence-corrected chi connectivity index (χ2v) is 7.28. The molecular weight excluding hydrogens is 300 g/mol. The van der Waals surface area contributed by atoms with Gasteiger partial charge in [-0.05, 0) is 24.5 Å². The van der Waals surface area contributed by atoms with Crippen LogP contribution in [0.1, 0.15) is 37.7 Å². The maximum atomic E-state index is 5.57. The van der Waals surface area contributed by atoms with Crippen molar-refractivity contribution in [3.63, 3.8) is 0 Å². The first-order chi connectivity index (χ1) is 11.9. The summed E-state index contributed by atoms with van der Waals surface area (Å²) in [5.74, 6) is 0. The average molecular weight is 328 g/mol. The van der Waals surface area contributed by atoms with Gasteiger partial charge in [-0.25, -0.2) is 0 Å². The van der Waals surface area contributed by atoms with E-state index in [1.54, 1.807) is 0 Å². The van der Waals surface area contributed by atoms with E-state index in [2.05, 4.69) is 38.6 Å². The number of hydrogen-bond acceptors (Lipinski definition) is 4. The topological polar surface area (TPSA) is 53.2 Å². The fraction of sp³-hybridized carbons (Fsp3) is 0.632. The van der Waals surface area contributed by atoms with Crippen LogP contribution in [-0.2, 0) is 11.3 Å². The van der Waals surface area contributed by atoms with Gasteiger partial charge in [-0.15, -0.1) is 0 Å². The summed E-state index contributed by atoms with van der Waals surface area (Å²) in [5.41, 5.74) is 2.77. The minimum Gasteiger partial charge on any atom is -0.379 e. The molecule has 1 aliphatic carbocycles. The third-order valence-corrected chi connectivity index (χ3v) is 5.76. The van der Waals surface area contributed by atoms with Gasteiger partial charge in [0, 0.05) is 37.1 Å². The number of hydrogen-bond donors (Lipinski definition) is 2. The van der Waals surface area contributed by atoms with Gasteiger partial charge in [0.2, 0.25) is 0 Å². The van der Waals surface area contributed by atoms with E-state index in [1.165, 1.54) is 43.1 Å². The van der Waals surface area contributed by atoms with E-state index in [4.69, 9.17) is 4.74 Å². The molecule has 2 fully saturated rings. The van der Waals surface area contributed by atoms with E-state index < -0.39 is 0 Å². The van der Waals surface area contributed by atoms with Crippen molar-refractivity contribution in [2.75, 3.05) is 32.8 Å². The summed E-state index contributed by atoms with van der Waals surface area (Å²) in [6.45, 7) is 5.94. The van der Waals surface area contributed by atoms with Crippen LogP contribution in [0, 0.1) is 0 Å². The number of nitrogens with one attached hydrogen (secondary N) is 2. The van der Waals surface area contributed by atoms with E-state index in [-0.39, 0.29) is 0 Å². The number of benzene rings is 1. The van der Waals surface area contributed by atoms with Crippen molar-refractivity contribution in [2.45, 2.75) is 44.2 Å². The Morgan fingerprint density at radius 3 is 2.83 bits per heavy atom. The zero-order valence-corrected chi connectivity index (χ0v) is 14.4. The highest BCUT2D eigenvalue weighted by Gasteiger charge is 2.38. The molecule has 1 saturated heterocycles. The van der Waals surface area contributed by atoms with Gasteiger partial charge in [-0.3, -0.25) is 10.00 Å². The molecule has 1 aromatic carbocycles. The first kappa shape index (κ1) is 16.1. The van der Waals surface area contributed by atoms with Crippen molar-refractivity contribution >= 4 is 10.9 Å². The Morgan fingerprint density at radius 1 is 1.17 bits per heavy atom. The largest absolute Gasteiger partial charge is 0.379 e. The molecule has 5 nitrogen and oxygen atoms in total. The SMILES string of the molecule is c1cc2cn[nH]c2cc1CNCC1(N2CCOCC2)CCCCC1. The molecule has 0 spiro atoms. The number of rotatable bonds is 5. The Morgan fingerprint density at radius 2 is 2.00 bits per heavy atom. The summed E-state index contributed by atoms with van der Waals surface area (Å²) in [4.78, 5) is 2.70. The maximum Gasteiger partial charge on any atom is 0.0653 e. The Labute approximate surface area is 143 Å². The van der Waals surface area contributed by atoms with Crippen LogP contribution in [0.3, 0.4) is 0 Å². The van der Waals surface area contributed by atoms with Gasteiger partial charge >= 0.3 is 0 Å². The first-order valence-corrected chi connectivity index (χ1v) is 9.31. The fourth-order valence-corrected chi connectivity index (χ4v) is 4.39. The number of ether oxygens (including phenoxy) is 1. The molecule has 1 aliphatic heterocycles. The van der Waals surface area contributed by atoms with Gasteiger partial charge in [0.1, 0.15) is 0 Å². The number of fused-ring (bicyclic) bond motifs is 1. The molecule has 0 radical (unpaired) electrons. The molecule has 1 saturated carbocycles. The van der Waals surface area contributed by atoms with Gasteiger partial charge in [0.25, 0.3) is 0 Å². The third kappa shape index (κ3) is 3.34. The highest BCUT2D eigenvalue weighted by molar-refractivity contribution is 5.78. The molecule has 130 valence electrons. The van der Waals surface area contributed by atoms with Crippen LogP contribution >= 0.6 is 0 Å². The van der Waals surface area contributed by atoms with E-state index in [9.17, 15) is 0 Å². The monoisotopic (exact) mass is 328 g/mol. The number of morpholine rings is 1. The van der Waals surface area contributed by atoms with E-state index >= 15 is 0 Å². The minimum atomic E-state index is 0.333. The van der Waals surface area contributed by atoms with Crippen LogP contribution in [0.4, 0.5) is 0 Å². The van der Waals surface area contributed by atoms with Gasteiger partial charge in [-0.1, -0.05) is 31.4 Å². The molecule has 4 rings (SSSR count). The van der Waals surface area contributed by atoms with Gasteiger partial charge in [0.15, 0.2) is 0 Å². The zero-order chi connectivity index (χ0) is 16.2. The summed E-state index contributed by atoms with van der Waals surface area (Å²) in [6, 6.07) is 6.55. The molecule has 0 atom stereocenters. The normalized spacial score (nSPS) is 22.0. The molecule has 24 heavy (non-hydrogen) atoms. The Bertz CT molecular complexity index is 656. The van der Waals surface area contributed by atoms with Crippen LogP contribution < -0.4 is 5.32 Å². The molecular formula is C19H28N4O. The van der Waals surface area contributed by atoms with Crippen molar-refractivity contribution in [3.05, 3.63) is 30.0 Å². The van der Waals surface area contributed by atoms with Crippen molar-refractivity contribution in [3.8, 4) is 0 Å². The molecule has 0 unspecified atom stereocenters. The van der Waals surface area contributed by atoms with Crippen molar-refractivity contribution < 1.29 is 4.74 Å². The first-order valence-electron chi connectivity index (χ1n) is 9.31. The van der Waals surface area contributed by atoms with Crippen LogP contribution in [0.25, 0.3) is 10.9 Å². The Kier molecular flexibility index (Phi) is 4.83. The lowest BCUT2D eigenvalue weighted by Crippen LogP contribution is -2.59. The fourth-order valence-electron chi connectivity index (χ4n) is 4.39. The summed E-state index contributed by atoms with van der Waals surface area (Å²) < 4.78 is 5.57. The van der Waals surface area contributed by atoms with E-state index in [0.717, 1.165) is 44.9 Å². The highest BCUT2D eigenvalue weighted by atomic mass is 16.5. The number of aromatic amines is 1. The predicted octanol–water partition coefficient (Wildman–Crippen LogP) is 2.69. The molecule has 0 amide bonds. The number of aromatic nitrogens is 2. The molecule has 5 heteroatoms. The van der Waals surface area contributed by atoms with Crippen molar-refractivity contribution in [1.82, 2.24) is 20.4 Å². The lowest BCUT2D eigenvalue weighted by molar-refractivity contribution is -0.0369. The van der Waals surface area contributed by atoms with E-state index in [1.807, 2.05) is 6.20 Å². The van der Waals surface area contributed by atoms with Crippen molar-refractivity contribution in [1.29, 1.82) is 0 Å².